The van der Waals surface area contributed by atoms with Crippen LogP contribution in [0.3, 0.4) is 0 Å². The van der Waals surface area contributed by atoms with Gasteiger partial charge < -0.3 is 4.74 Å². The van der Waals surface area contributed by atoms with E-state index in [0.717, 1.165) is 11.3 Å². The highest BCUT2D eigenvalue weighted by Gasteiger charge is 2.39. The largest absolute Gasteiger partial charge is 0.494 e. The quantitative estimate of drug-likeness (QED) is 0.791. The van der Waals surface area contributed by atoms with Crippen molar-refractivity contribution in [2.45, 2.75) is 26.7 Å². The van der Waals surface area contributed by atoms with Crippen molar-refractivity contribution in [3.63, 3.8) is 0 Å². The van der Waals surface area contributed by atoms with Gasteiger partial charge in [-0.05, 0) is 50.1 Å². The maximum atomic E-state index is 12.7. The highest BCUT2D eigenvalue weighted by atomic mass is 16.5. The Morgan fingerprint density at radius 3 is 2.33 bits per heavy atom. The van der Waals surface area contributed by atoms with E-state index in [9.17, 15) is 9.59 Å². The van der Waals surface area contributed by atoms with Crippen LogP contribution in [0.2, 0.25) is 0 Å². The first-order valence-electron chi connectivity index (χ1n) is 8.23. The van der Waals surface area contributed by atoms with Crippen LogP contribution in [-0.2, 0) is 16.0 Å². The molecule has 3 rings (SSSR count). The molecule has 0 aromatic heterocycles. The molecular weight excluding hydrogens is 302 g/mol. The van der Waals surface area contributed by atoms with E-state index < -0.39 is 0 Å². The van der Waals surface area contributed by atoms with Crippen LogP contribution in [0.5, 0.6) is 5.75 Å². The second-order valence-corrected chi connectivity index (χ2v) is 6.09. The summed E-state index contributed by atoms with van der Waals surface area (Å²) in [6.07, 6.45) is 0.859. The van der Waals surface area contributed by atoms with E-state index in [1.807, 2.05) is 38.1 Å². The third-order valence-corrected chi connectivity index (χ3v) is 4.25. The summed E-state index contributed by atoms with van der Waals surface area (Å²) in [6.45, 7) is 4.53. The molecule has 4 heteroatoms. The lowest BCUT2D eigenvalue weighted by Crippen LogP contribution is -2.30. The Morgan fingerprint density at radius 2 is 1.71 bits per heavy atom. The van der Waals surface area contributed by atoms with E-state index >= 15 is 0 Å². The van der Waals surface area contributed by atoms with Crippen LogP contribution in [0.15, 0.2) is 48.5 Å². The molecule has 1 aliphatic rings. The summed E-state index contributed by atoms with van der Waals surface area (Å²) < 4.78 is 5.40. The van der Waals surface area contributed by atoms with Gasteiger partial charge in [-0.15, -0.1) is 0 Å². The zero-order chi connectivity index (χ0) is 17.1. The maximum Gasteiger partial charge on any atom is 0.237 e. The minimum absolute atomic E-state index is 0.121. The van der Waals surface area contributed by atoms with Crippen molar-refractivity contribution in [3.8, 4) is 5.75 Å². The molecule has 1 saturated heterocycles. The predicted molar refractivity (Wildman–Crippen MR) is 93.1 cm³/mol. The van der Waals surface area contributed by atoms with E-state index in [1.54, 1.807) is 24.3 Å². The Balaban J connectivity index is 1.74. The van der Waals surface area contributed by atoms with Crippen molar-refractivity contribution in [1.82, 2.24) is 0 Å². The normalized spacial score (nSPS) is 17.4. The number of carbonyl (C=O) groups is 2. The third kappa shape index (κ3) is 3.32. The molecule has 0 saturated carbocycles. The van der Waals surface area contributed by atoms with Gasteiger partial charge in [-0.1, -0.05) is 29.8 Å². The van der Waals surface area contributed by atoms with E-state index in [4.69, 9.17) is 4.74 Å². The average Bonchev–Trinajstić information content (AvgIpc) is 2.85. The molecule has 1 atom stereocenters. The average molecular weight is 323 g/mol. The Hall–Kier alpha value is -2.62. The van der Waals surface area contributed by atoms with Crippen LogP contribution < -0.4 is 9.64 Å². The summed E-state index contributed by atoms with van der Waals surface area (Å²) in [5.41, 5.74) is 2.88. The maximum absolute atomic E-state index is 12.7. The summed E-state index contributed by atoms with van der Waals surface area (Å²) >= 11 is 0. The number of nitrogens with zero attached hydrogens (tertiary/aromatic N) is 1. The van der Waals surface area contributed by atoms with Gasteiger partial charge in [-0.2, -0.15) is 0 Å². The van der Waals surface area contributed by atoms with Gasteiger partial charge in [0.15, 0.2) is 0 Å². The molecule has 124 valence electrons. The Morgan fingerprint density at radius 1 is 1.04 bits per heavy atom. The lowest BCUT2D eigenvalue weighted by atomic mass is 9.97. The van der Waals surface area contributed by atoms with Gasteiger partial charge in [0, 0.05) is 6.42 Å². The number of ether oxygens (including phenoxy) is 1. The molecule has 0 N–H and O–H groups in total. The molecule has 1 fully saturated rings. The number of hydrogen-bond donors (Lipinski definition) is 0. The molecule has 0 aliphatic carbocycles. The standard InChI is InChI=1S/C20H21NO3/c1-3-24-18-10-8-17(9-11-18)21-19(22)13-16(20(21)23)12-15-6-4-14(2)5-7-15/h4-11,16H,3,12-13H2,1-2H3/t16-/m0/s1. The van der Waals surface area contributed by atoms with Crippen LogP contribution in [0.4, 0.5) is 5.69 Å². The summed E-state index contributed by atoms with van der Waals surface area (Å²) in [7, 11) is 0. The number of carbonyl (C=O) groups excluding carboxylic acids is 2. The molecule has 0 unspecified atom stereocenters. The number of amides is 2. The van der Waals surface area contributed by atoms with Gasteiger partial charge >= 0.3 is 0 Å². The van der Waals surface area contributed by atoms with Crippen molar-refractivity contribution < 1.29 is 14.3 Å². The Bertz CT molecular complexity index is 734. The molecule has 2 aromatic carbocycles. The fourth-order valence-electron chi connectivity index (χ4n) is 2.99. The number of benzene rings is 2. The second kappa shape index (κ2) is 6.87. The third-order valence-electron chi connectivity index (χ3n) is 4.25. The minimum Gasteiger partial charge on any atom is -0.494 e. The molecular formula is C20H21NO3. The van der Waals surface area contributed by atoms with Crippen molar-refractivity contribution in [2.75, 3.05) is 11.5 Å². The molecule has 1 heterocycles. The molecule has 24 heavy (non-hydrogen) atoms. The van der Waals surface area contributed by atoms with Gasteiger partial charge in [0.1, 0.15) is 5.75 Å². The monoisotopic (exact) mass is 323 g/mol. The zero-order valence-electron chi connectivity index (χ0n) is 14.0. The first-order chi connectivity index (χ1) is 11.6. The highest BCUT2D eigenvalue weighted by molar-refractivity contribution is 6.21. The second-order valence-electron chi connectivity index (χ2n) is 6.09. The molecule has 0 bridgehead atoms. The van der Waals surface area contributed by atoms with Crippen molar-refractivity contribution in [3.05, 3.63) is 59.7 Å². The van der Waals surface area contributed by atoms with E-state index in [0.29, 0.717) is 18.7 Å². The zero-order valence-corrected chi connectivity index (χ0v) is 14.0. The van der Waals surface area contributed by atoms with Crippen LogP contribution in [0, 0.1) is 12.8 Å². The Labute approximate surface area is 142 Å². The van der Waals surface area contributed by atoms with Gasteiger partial charge in [-0.25, -0.2) is 0 Å². The first kappa shape index (κ1) is 16.2. The smallest absolute Gasteiger partial charge is 0.237 e. The molecule has 2 aromatic rings. The van der Waals surface area contributed by atoms with Crippen LogP contribution in [0.1, 0.15) is 24.5 Å². The summed E-state index contributed by atoms with van der Waals surface area (Å²) in [4.78, 5) is 26.3. The van der Waals surface area contributed by atoms with Crippen molar-refractivity contribution in [2.24, 2.45) is 5.92 Å². The summed E-state index contributed by atoms with van der Waals surface area (Å²) in [5.74, 6) is 0.189. The van der Waals surface area contributed by atoms with Crippen LogP contribution in [-0.4, -0.2) is 18.4 Å². The summed E-state index contributed by atoms with van der Waals surface area (Å²) in [5, 5.41) is 0. The van der Waals surface area contributed by atoms with Crippen molar-refractivity contribution >= 4 is 17.5 Å². The molecule has 2 amide bonds. The fourth-order valence-corrected chi connectivity index (χ4v) is 2.99. The van der Waals surface area contributed by atoms with Crippen molar-refractivity contribution in [1.29, 1.82) is 0 Å². The summed E-state index contributed by atoms with van der Waals surface area (Å²) in [6, 6.07) is 15.2. The Kier molecular flexibility index (Phi) is 4.65. The first-order valence-corrected chi connectivity index (χ1v) is 8.23. The number of aryl methyl sites for hydroxylation is 1. The molecule has 4 nitrogen and oxygen atoms in total. The minimum atomic E-state index is -0.285. The number of anilines is 1. The number of hydrogen-bond acceptors (Lipinski definition) is 3. The van der Waals surface area contributed by atoms with E-state index in [-0.39, 0.29) is 24.2 Å². The number of rotatable bonds is 5. The predicted octanol–water partition coefficient (Wildman–Crippen LogP) is 3.52. The molecule has 1 aliphatic heterocycles. The van der Waals surface area contributed by atoms with Gasteiger partial charge in [0.25, 0.3) is 0 Å². The molecule has 0 radical (unpaired) electrons. The van der Waals surface area contributed by atoms with Gasteiger partial charge in [0.2, 0.25) is 11.8 Å². The highest BCUT2D eigenvalue weighted by Crippen LogP contribution is 2.30. The van der Waals surface area contributed by atoms with Crippen LogP contribution >= 0.6 is 0 Å². The fraction of sp³-hybridized carbons (Fsp3) is 0.300. The molecule has 0 spiro atoms. The topological polar surface area (TPSA) is 46.6 Å². The lowest BCUT2D eigenvalue weighted by molar-refractivity contribution is -0.122. The van der Waals surface area contributed by atoms with Crippen LogP contribution in [0.25, 0.3) is 0 Å². The number of imide groups is 1. The lowest BCUT2D eigenvalue weighted by Gasteiger charge is -2.15. The van der Waals surface area contributed by atoms with Gasteiger partial charge in [0.05, 0.1) is 18.2 Å². The van der Waals surface area contributed by atoms with Gasteiger partial charge in [-0.3, -0.25) is 14.5 Å². The van der Waals surface area contributed by atoms with E-state index in [2.05, 4.69) is 0 Å². The SMILES string of the molecule is CCOc1ccc(N2C(=O)C[C@H](Cc3ccc(C)cc3)C2=O)cc1. The van der Waals surface area contributed by atoms with E-state index in [1.165, 1.54) is 10.5 Å².